The van der Waals surface area contributed by atoms with E-state index in [9.17, 15) is 0 Å². The van der Waals surface area contributed by atoms with Gasteiger partial charge in [0.25, 0.3) is 0 Å². The Morgan fingerprint density at radius 3 is 3.06 bits per heavy atom. The molecule has 1 aliphatic heterocycles. The molecule has 0 unspecified atom stereocenters. The fourth-order valence-electron chi connectivity index (χ4n) is 1.89. The zero-order chi connectivity index (χ0) is 11.0. The van der Waals surface area contributed by atoms with Crippen molar-refractivity contribution in [2.45, 2.75) is 6.92 Å². The first-order chi connectivity index (χ1) is 7.84. The topological polar surface area (TPSA) is 42.7 Å². The Labute approximate surface area is 93.3 Å². The van der Waals surface area contributed by atoms with E-state index in [1.807, 2.05) is 35.1 Å². The Morgan fingerprint density at radius 1 is 1.31 bits per heavy atom. The number of nitrogens with zero attached hydrogens (tertiary/aromatic N) is 3. The van der Waals surface area contributed by atoms with E-state index >= 15 is 0 Å². The van der Waals surface area contributed by atoms with Gasteiger partial charge in [-0.3, -0.25) is 0 Å². The van der Waals surface area contributed by atoms with Crippen LogP contribution in [0.4, 0.5) is 0 Å². The van der Waals surface area contributed by atoms with Gasteiger partial charge in [0.2, 0.25) is 0 Å². The summed E-state index contributed by atoms with van der Waals surface area (Å²) in [6.07, 6.45) is 4.13. The van der Waals surface area contributed by atoms with Crippen molar-refractivity contribution in [3.63, 3.8) is 0 Å². The van der Waals surface area contributed by atoms with Gasteiger partial charge in [0.1, 0.15) is 5.52 Å². The predicted molar refractivity (Wildman–Crippen MR) is 63.6 cm³/mol. The maximum Gasteiger partial charge on any atom is 0.113 e. The quantitative estimate of drug-likeness (QED) is 0.783. The number of fused-ring (bicyclic) bond motifs is 1. The van der Waals surface area contributed by atoms with Crippen LogP contribution in [-0.4, -0.2) is 21.5 Å². The average Bonchev–Trinajstić information content (AvgIpc) is 2.72. The Balaban J connectivity index is 2.16. The second kappa shape index (κ2) is 3.48. The average molecular weight is 212 g/mol. The second-order valence-electron chi connectivity index (χ2n) is 3.89. The van der Waals surface area contributed by atoms with Crippen molar-refractivity contribution in [1.29, 1.82) is 0 Å². The summed E-state index contributed by atoms with van der Waals surface area (Å²) in [5.41, 5.74) is 4.29. The zero-order valence-corrected chi connectivity index (χ0v) is 9.01. The molecule has 0 bridgehead atoms. The molecule has 4 nitrogen and oxygen atoms in total. The van der Waals surface area contributed by atoms with Crippen LogP contribution in [-0.2, 0) is 0 Å². The van der Waals surface area contributed by atoms with E-state index in [1.54, 1.807) is 0 Å². The summed E-state index contributed by atoms with van der Waals surface area (Å²) in [5, 5.41) is 11.5. The van der Waals surface area contributed by atoms with Crippen molar-refractivity contribution in [3.8, 4) is 0 Å². The predicted octanol–water partition coefficient (Wildman–Crippen LogP) is 1.78. The third-order valence-corrected chi connectivity index (χ3v) is 2.63. The van der Waals surface area contributed by atoms with Gasteiger partial charge < -0.3 is 5.32 Å². The SMILES string of the molecule is CC1=CNCC(n2nnc3ccccc32)=C1. The minimum Gasteiger partial charge on any atom is -0.385 e. The van der Waals surface area contributed by atoms with Gasteiger partial charge in [-0.15, -0.1) is 5.10 Å². The van der Waals surface area contributed by atoms with E-state index in [4.69, 9.17) is 0 Å². The summed E-state index contributed by atoms with van der Waals surface area (Å²) in [5.74, 6) is 0. The van der Waals surface area contributed by atoms with Crippen molar-refractivity contribution in [2.75, 3.05) is 6.54 Å². The molecule has 0 amide bonds. The third kappa shape index (κ3) is 1.39. The molecule has 16 heavy (non-hydrogen) atoms. The molecule has 2 heterocycles. The molecule has 0 saturated carbocycles. The summed E-state index contributed by atoms with van der Waals surface area (Å²) < 4.78 is 1.89. The monoisotopic (exact) mass is 212 g/mol. The van der Waals surface area contributed by atoms with Crippen molar-refractivity contribution < 1.29 is 0 Å². The van der Waals surface area contributed by atoms with Crippen LogP contribution in [0.5, 0.6) is 0 Å². The number of hydrogen-bond acceptors (Lipinski definition) is 3. The van der Waals surface area contributed by atoms with Crippen LogP contribution in [0.25, 0.3) is 16.7 Å². The number of aromatic nitrogens is 3. The van der Waals surface area contributed by atoms with Crippen LogP contribution < -0.4 is 5.32 Å². The van der Waals surface area contributed by atoms with Gasteiger partial charge in [0.05, 0.1) is 17.8 Å². The van der Waals surface area contributed by atoms with Crippen LogP contribution in [0.2, 0.25) is 0 Å². The maximum absolute atomic E-state index is 4.18. The zero-order valence-electron chi connectivity index (χ0n) is 9.01. The summed E-state index contributed by atoms with van der Waals surface area (Å²) in [4.78, 5) is 0. The molecule has 0 saturated heterocycles. The van der Waals surface area contributed by atoms with E-state index in [-0.39, 0.29) is 0 Å². The molecule has 0 atom stereocenters. The molecule has 1 aromatic carbocycles. The summed E-state index contributed by atoms with van der Waals surface area (Å²) in [7, 11) is 0. The lowest BCUT2D eigenvalue weighted by Crippen LogP contribution is -2.18. The van der Waals surface area contributed by atoms with Gasteiger partial charge in [0, 0.05) is 0 Å². The van der Waals surface area contributed by atoms with Gasteiger partial charge in [-0.05, 0) is 36.9 Å². The molecule has 0 fully saturated rings. The largest absolute Gasteiger partial charge is 0.385 e. The van der Waals surface area contributed by atoms with E-state index in [0.29, 0.717) is 0 Å². The highest BCUT2D eigenvalue weighted by Crippen LogP contribution is 2.17. The summed E-state index contributed by atoms with van der Waals surface area (Å²) >= 11 is 0. The highest BCUT2D eigenvalue weighted by atomic mass is 15.4. The molecule has 1 aliphatic rings. The second-order valence-corrected chi connectivity index (χ2v) is 3.89. The fraction of sp³-hybridized carbons (Fsp3) is 0.167. The van der Waals surface area contributed by atoms with Crippen molar-refractivity contribution in [2.24, 2.45) is 0 Å². The van der Waals surface area contributed by atoms with Crippen LogP contribution in [0, 0.1) is 0 Å². The van der Waals surface area contributed by atoms with Crippen LogP contribution in [0.1, 0.15) is 6.92 Å². The maximum atomic E-state index is 4.18. The summed E-state index contributed by atoms with van der Waals surface area (Å²) in [6.45, 7) is 2.84. The first-order valence-electron chi connectivity index (χ1n) is 5.26. The molecule has 4 heteroatoms. The van der Waals surface area contributed by atoms with Gasteiger partial charge in [-0.1, -0.05) is 17.3 Å². The molecule has 1 N–H and O–H groups in total. The minimum absolute atomic E-state index is 0.782. The van der Waals surface area contributed by atoms with E-state index in [2.05, 4.69) is 28.6 Å². The van der Waals surface area contributed by atoms with E-state index in [0.717, 1.165) is 23.3 Å². The van der Waals surface area contributed by atoms with Gasteiger partial charge in [-0.2, -0.15) is 0 Å². The number of para-hydroxylation sites is 1. The number of benzene rings is 1. The smallest absolute Gasteiger partial charge is 0.113 e. The normalized spacial score (nSPS) is 15.6. The molecular weight excluding hydrogens is 200 g/mol. The number of hydrogen-bond donors (Lipinski definition) is 1. The third-order valence-electron chi connectivity index (χ3n) is 2.63. The Kier molecular flexibility index (Phi) is 1.99. The standard InChI is InChI=1S/C12H12N4/c1-9-6-10(8-13-7-9)16-12-5-3-2-4-11(12)14-15-16/h2-7,13H,8H2,1H3. The Morgan fingerprint density at radius 2 is 2.19 bits per heavy atom. The Bertz CT molecular complexity index is 592. The van der Waals surface area contributed by atoms with Crippen LogP contribution in [0.3, 0.4) is 0 Å². The molecule has 0 spiro atoms. The van der Waals surface area contributed by atoms with Crippen molar-refractivity contribution in [1.82, 2.24) is 20.3 Å². The molecule has 2 aromatic rings. The Hall–Kier alpha value is -2.10. The number of dihydropyridines is 1. The number of nitrogens with one attached hydrogen (secondary N) is 1. The highest BCUT2D eigenvalue weighted by Gasteiger charge is 2.09. The van der Waals surface area contributed by atoms with Gasteiger partial charge >= 0.3 is 0 Å². The lowest BCUT2D eigenvalue weighted by Gasteiger charge is -2.13. The lowest BCUT2D eigenvalue weighted by molar-refractivity contribution is 0.794. The lowest BCUT2D eigenvalue weighted by atomic mass is 10.2. The molecular formula is C12H12N4. The van der Waals surface area contributed by atoms with Crippen LogP contribution in [0.15, 0.2) is 42.1 Å². The fourth-order valence-corrected chi connectivity index (χ4v) is 1.89. The number of rotatable bonds is 1. The van der Waals surface area contributed by atoms with E-state index < -0.39 is 0 Å². The first kappa shape index (κ1) is 9.15. The molecule has 80 valence electrons. The minimum atomic E-state index is 0.782. The van der Waals surface area contributed by atoms with Crippen molar-refractivity contribution >= 4 is 16.7 Å². The molecule has 0 aliphatic carbocycles. The van der Waals surface area contributed by atoms with Crippen molar-refractivity contribution in [3.05, 3.63) is 42.1 Å². The number of allylic oxidation sites excluding steroid dienone is 2. The van der Waals surface area contributed by atoms with Crippen LogP contribution >= 0.6 is 0 Å². The van der Waals surface area contributed by atoms with Gasteiger partial charge in [0.15, 0.2) is 0 Å². The van der Waals surface area contributed by atoms with Gasteiger partial charge in [-0.25, -0.2) is 4.68 Å². The summed E-state index contributed by atoms with van der Waals surface area (Å²) in [6, 6.07) is 7.98. The first-order valence-corrected chi connectivity index (χ1v) is 5.26. The van der Waals surface area contributed by atoms with E-state index in [1.165, 1.54) is 5.57 Å². The molecule has 0 radical (unpaired) electrons. The molecule has 1 aromatic heterocycles. The highest BCUT2D eigenvalue weighted by molar-refractivity contribution is 5.78. The molecule has 3 rings (SSSR count).